The van der Waals surface area contributed by atoms with Gasteiger partial charge in [0.15, 0.2) is 0 Å². The molecule has 0 saturated carbocycles. The van der Waals surface area contributed by atoms with E-state index in [9.17, 15) is 4.39 Å². The van der Waals surface area contributed by atoms with E-state index in [0.717, 1.165) is 9.26 Å². The van der Waals surface area contributed by atoms with Gasteiger partial charge in [0.25, 0.3) is 0 Å². The van der Waals surface area contributed by atoms with Crippen molar-refractivity contribution in [2.45, 2.75) is 0 Å². The first-order valence-electron chi connectivity index (χ1n) is 4.90. The number of hydrogen-bond acceptors (Lipinski definition) is 1. The highest BCUT2D eigenvalue weighted by Crippen LogP contribution is 2.19. The van der Waals surface area contributed by atoms with E-state index in [4.69, 9.17) is 11.6 Å². The van der Waals surface area contributed by atoms with Crippen LogP contribution in [0.5, 0.6) is 0 Å². The Morgan fingerprint density at radius 2 is 1.82 bits per heavy atom. The first kappa shape index (κ1) is 12.5. The van der Waals surface area contributed by atoms with Crippen molar-refractivity contribution in [1.29, 1.82) is 0 Å². The second-order valence-electron chi connectivity index (χ2n) is 3.37. The topological polar surface area (TPSA) is 12.4 Å². The van der Waals surface area contributed by atoms with Gasteiger partial charge in [-0.2, -0.15) is 0 Å². The molecule has 0 atom stereocenters. The zero-order valence-corrected chi connectivity index (χ0v) is 11.6. The van der Waals surface area contributed by atoms with Gasteiger partial charge in [-0.15, -0.1) is 0 Å². The predicted molar refractivity (Wildman–Crippen MR) is 77.8 cm³/mol. The fourth-order valence-electron chi connectivity index (χ4n) is 1.30. The van der Waals surface area contributed by atoms with E-state index in [0.29, 0.717) is 10.6 Å². The van der Waals surface area contributed by atoms with Crippen LogP contribution in [0.3, 0.4) is 0 Å². The van der Waals surface area contributed by atoms with Crippen LogP contribution in [0.1, 0.15) is 5.56 Å². The van der Waals surface area contributed by atoms with Crippen LogP contribution in [-0.4, -0.2) is 6.21 Å². The maximum absolute atomic E-state index is 13.4. The molecule has 0 bridgehead atoms. The molecule has 0 spiro atoms. The molecule has 0 saturated heterocycles. The van der Waals surface area contributed by atoms with E-state index >= 15 is 0 Å². The summed E-state index contributed by atoms with van der Waals surface area (Å²) in [6, 6.07) is 12.2. The Morgan fingerprint density at radius 1 is 1.12 bits per heavy atom. The Kier molecular flexibility index (Phi) is 4.12. The van der Waals surface area contributed by atoms with Gasteiger partial charge in [-0.3, -0.25) is 4.99 Å². The largest absolute Gasteiger partial charge is 0.256 e. The third kappa shape index (κ3) is 3.26. The number of rotatable bonds is 2. The van der Waals surface area contributed by atoms with Gasteiger partial charge in [0.2, 0.25) is 0 Å². The first-order valence-corrected chi connectivity index (χ1v) is 6.36. The molecule has 2 aromatic carbocycles. The minimum absolute atomic E-state index is 0.313. The smallest absolute Gasteiger partial charge is 0.133 e. The van der Waals surface area contributed by atoms with Crippen molar-refractivity contribution in [1.82, 2.24) is 0 Å². The summed E-state index contributed by atoms with van der Waals surface area (Å²) in [7, 11) is 0. The lowest BCUT2D eigenvalue weighted by molar-refractivity contribution is 0.626. The summed E-state index contributed by atoms with van der Waals surface area (Å²) in [5, 5.41) is 0.360. The van der Waals surface area contributed by atoms with E-state index < -0.39 is 0 Å². The lowest BCUT2D eigenvalue weighted by atomic mass is 10.2. The molecule has 0 aliphatic rings. The van der Waals surface area contributed by atoms with Crippen molar-refractivity contribution >= 4 is 46.1 Å². The maximum Gasteiger partial charge on any atom is 0.133 e. The van der Waals surface area contributed by atoms with E-state index in [1.807, 2.05) is 24.3 Å². The van der Waals surface area contributed by atoms with Crippen molar-refractivity contribution < 1.29 is 4.39 Å². The van der Waals surface area contributed by atoms with Gasteiger partial charge in [0.1, 0.15) is 5.82 Å². The predicted octanol–water partition coefficient (Wildman–Crippen LogP) is 4.83. The van der Waals surface area contributed by atoms with Crippen LogP contribution >= 0.6 is 34.2 Å². The SMILES string of the molecule is Fc1cccc(Cl)c1C=Nc1ccc(I)cc1. The van der Waals surface area contributed by atoms with Gasteiger partial charge in [-0.1, -0.05) is 17.7 Å². The third-order valence-electron chi connectivity index (χ3n) is 2.17. The van der Waals surface area contributed by atoms with Crippen LogP contribution in [0.15, 0.2) is 47.5 Å². The Bertz CT molecular complexity index is 532. The molecule has 0 aliphatic carbocycles. The molecule has 0 aliphatic heterocycles. The molecule has 0 fully saturated rings. The summed E-state index contributed by atoms with van der Waals surface area (Å²) >= 11 is 8.10. The van der Waals surface area contributed by atoms with Crippen molar-refractivity contribution in [3.05, 3.63) is 62.4 Å². The highest BCUT2D eigenvalue weighted by atomic mass is 127. The average Bonchev–Trinajstić information content (AvgIpc) is 2.31. The molecule has 1 nitrogen and oxygen atoms in total. The minimum atomic E-state index is -0.369. The minimum Gasteiger partial charge on any atom is -0.256 e. The van der Waals surface area contributed by atoms with Crippen molar-refractivity contribution in [3.8, 4) is 0 Å². The van der Waals surface area contributed by atoms with Gasteiger partial charge < -0.3 is 0 Å². The van der Waals surface area contributed by atoms with Gasteiger partial charge in [0, 0.05) is 15.3 Å². The molecule has 2 rings (SSSR count). The van der Waals surface area contributed by atoms with Gasteiger partial charge >= 0.3 is 0 Å². The summed E-state index contributed by atoms with van der Waals surface area (Å²) in [5.41, 5.74) is 1.08. The summed E-state index contributed by atoms with van der Waals surface area (Å²) in [6.45, 7) is 0. The maximum atomic E-state index is 13.4. The van der Waals surface area contributed by atoms with Crippen molar-refractivity contribution in [2.75, 3.05) is 0 Å². The van der Waals surface area contributed by atoms with Gasteiger partial charge in [0.05, 0.1) is 10.7 Å². The fraction of sp³-hybridized carbons (Fsp3) is 0. The standard InChI is InChI=1S/C13H8ClFIN/c14-12-2-1-3-13(15)11(12)8-17-10-6-4-9(16)5-7-10/h1-8H. The fourth-order valence-corrected chi connectivity index (χ4v) is 1.87. The van der Waals surface area contributed by atoms with Crippen LogP contribution < -0.4 is 0 Å². The number of halogens is 3. The van der Waals surface area contributed by atoms with Crippen molar-refractivity contribution in [2.24, 2.45) is 4.99 Å². The number of nitrogens with zero attached hydrogens (tertiary/aromatic N) is 1. The molecule has 0 heterocycles. The second-order valence-corrected chi connectivity index (χ2v) is 5.02. The number of benzene rings is 2. The molecular weight excluding hydrogens is 352 g/mol. The zero-order chi connectivity index (χ0) is 12.3. The first-order chi connectivity index (χ1) is 8.16. The normalized spacial score (nSPS) is 11.0. The lowest BCUT2D eigenvalue weighted by Crippen LogP contribution is -1.88. The van der Waals surface area contributed by atoms with Gasteiger partial charge in [-0.05, 0) is 59.0 Å². The molecule has 86 valence electrons. The molecule has 2 aromatic rings. The highest BCUT2D eigenvalue weighted by molar-refractivity contribution is 14.1. The Balaban J connectivity index is 2.29. The molecule has 0 unspecified atom stereocenters. The van der Waals surface area contributed by atoms with Crippen LogP contribution in [-0.2, 0) is 0 Å². The zero-order valence-electron chi connectivity index (χ0n) is 8.70. The third-order valence-corrected chi connectivity index (χ3v) is 3.22. The Hall–Kier alpha value is -0.940. The Labute approximate surface area is 117 Å². The van der Waals surface area contributed by atoms with E-state index in [1.54, 1.807) is 12.1 Å². The van der Waals surface area contributed by atoms with Crippen molar-refractivity contribution in [3.63, 3.8) is 0 Å². The van der Waals surface area contributed by atoms with Crippen LogP contribution in [0.4, 0.5) is 10.1 Å². The lowest BCUT2D eigenvalue weighted by Gasteiger charge is -1.99. The van der Waals surface area contributed by atoms with Gasteiger partial charge in [-0.25, -0.2) is 4.39 Å². The molecular formula is C13H8ClFIN. The average molecular weight is 360 g/mol. The monoisotopic (exact) mass is 359 g/mol. The summed E-state index contributed by atoms with van der Waals surface area (Å²) in [6.07, 6.45) is 1.44. The number of aliphatic imine (C=N–C) groups is 1. The summed E-state index contributed by atoms with van der Waals surface area (Å²) in [5.74, 6) is -0.369. The molecule has 0 N–H and O–H groups in total. The summed E-state index contributed by atoms with van der Waals surface area (Å²) in [4.78, 5) is 4.19. The molecule has 0 aromatic heterocycles. The van der Waals surface area contributed by atoms with Crippen LogP contribution in [0.2, 0.25) is 5.02 Å². The van der Waals surface area contributed by atoms with Crippen LogP contribution in [0, 0.1) is 9.39 Å². The van der Waals surface area contributed by atoms with E-state index in [2.05, 4.69) is 27.6 Å². The molecule has 0 amide bonds. The molecule has 0 radical (unpaired) electrons. The molecule has 4 heteroatoms. The summed E-state index contributed by atoms with van der Waals surface area (Å²) < 4.78 is 14.6. The Morgan fingerprint density at radius 3 is 2.47 bits per heavy atom. The molecule has 17 heavy (non-hydrogen) atoms. The quantitative estimate of drug-likeness (QED) is 0.538. The van der Waals surface area contributed by atoms with E-state index in [-0.39, 0.29) is 5.82 Å². The second kappa shape index (κ2) is 5.60. The van der Waals surface area contributed by atoms with Crippen LogP contribution in [0.25, 0.3) is 0 Å². The number of hydrogen-bond donors (Lipinski definition) is 0. The highest BCUT2D eigenvalue weighted by Gasteiger charge is 2.03. The van der Waals surface area contributed by atoms with E-state index in [1.165, 1.54) is 12.3 Å².